The maximum Gasteiger partial charge on any atom is 0.264 e. The molecule has 3 heterocycles. The van der Waals surface area contributed by atoms with Crippen LogP contribution in [0.2, 0.25) is 0 Å². The monoisotopic (exact) mass is 418 g/mol. The van der Waals surface area contributed by atoms with Gasteiger partial charge in [0.1, 0.15) is 6.54 Å². The van der Waals surface area contributed by atoms with E-state index in [1.54, 1.807) is 0 Å². The van der Waals surface area contributed by atoms with Crippen LogP contribution in [0.3, 0.4) is 0 Å². The Balaban J connectivity index is 1.53. The molecule has 0 amide bonds. The third-order valence-electron chi connectivity index (χ3n) is 5.51. The number of hydrogen-bond acceptors (Lipinski definition) is 3. The minimum Gasteiger partial charge on any atom is -0.335 e. The summed E-state index contributed by atoms with van der Waals surface area (Å²) < 4.78 is 4.76. The van der Waals surface area contributed by atoms with E-state index in [1.807, 2.05) is 23.1 Å². The smallest absolute Gasteiger partial charge is 0.264 e. The summed E-state index contributed by atoms with van der Waals surface area (Å²) in [6.45, 7) is 6.38. The number of anilines is 1. The minimum absolute atomic E-state index is 0.964. The topological polar surface area (TPSA) is 12.1 Å². The van der Waals surface area contributed by atoms with Crippen molar-refractivity contribution in [1.82, 2.24) is 4.57 Å². The molecular weight excluding hydrogens is 394 g/mol. The molecule has 0 saturated carbocycles. The van der Waals surface area contributed by atoms with Crippen LogP contribution in [0, 0.1) is 0 Å². The van der Waals surface area contributed by atoms with Gasteiger partial charge in [0.25, 0.3) is 5.01 Å². The Morgan fingerprint density at radius 1 is 1.03 bits per heavy atom. The number of thiazole rings is 1. The Bertz CT molecular complexity index is 1280. The lowest BCUT2D eigenvalue weighted by molar-refractivity contribution is -0.664. The number of para-hydroxylation sites is 2. The van der Waals surface area contributed by atoms with E-state index in [0.717, 1.165) is 13.1 Å². The van der Waals surface area contributed by atoms with E-state index in [0.29, 0.717) is 0 Å². The Labute approximate surface area is 179 Å². The largest absolute Gasteiger partial charge is 0.335 e. The summed E-state index contributed by atoms with van der Waals surface area (Å²) in [4.78, 5) is 5.06. The van der Waals surface area contributed by atoms with E-state index in [2.05, 4.69) is 102 Å². The normalized spacial score (nSPS) is 15.4. The molecule has 0 fully saturated rings. The zero-order valence-corrected chi connectivity index (χ0v) is 18.6. The molecule has 0 saturated heterocycles. The molecule has 1 aliphatic heterocycles. The van der Waals surface area contributed by atoms with Crippen LogP contribution in [-0.2, 0) is 13.6 Å². The van der Waals surface area contributed by atoms with Gasteiger partial charge in [-0.15, -0.1) is 0 Å². The van der Waals surface area contributed by atoms with E-state index >= 15 is 0 Å². The summed E-state index contributed by atoms with van der Waals surface area (Å²) in [7, 11) is 2.17. The van der Waals surface area contributed by atoms with Gasteiger partial charge >= 0.3 is 0 Å². The number of hydrogen-bond donors (Lipinski definition) is 0. The first-order valence-corrected chi connectivity index (χ1v) is 11.7. The summed E-state index contributed by atoms with van der Waals surface area (Å²) in [5.41, 5.74) is 3.96. The van der Waals surface area contributed by atoms with Crippen molar-refractivity contribution in [1.29, 1.82) is 0 Å². The maximum atomic E-state index is 2.44. The molecule has 0 spiro atoms. The average molecular weight is 419 g/mol. The summed E-state index contributed by atoms with van der Waals surface area (Å²) in [5, 5.41) is 3.92. The van der Waals surface area contributed by atoms with Gasteiger partial charge in [-0.1, -0.05) is 42.1 Å². The van der Waals surface area contributed by atoms with E-state index < -0.39 is 0 Å². The van der Waals surface area contributed by atoms with Gasteiger partial charge in [-0.05, 0) is 55.5 Å². The van der Waals surface area contributed by atoms with Crippen molar-refractivity contribution >= 4 is 56.1 Å². The molecule has 1 aliphatic rings. The molecule has 0 aliphatic carbocycles. The lowest BCUT2D eigenvalue weighted by Crippen LogP contribution is -2.33. The molecule has 0 N–H and O–H groups in total. The van der Waals surface area contributed by atoms with E-state index in [4.69, 9.17) is 0 Å². The second kappa shape index (κ2) is 7.39. The molecule has 2 aromatic heterocycles. The highest BCUT2D eigenvalue weighted by atomic mass is 32.2. The van der Waals surface area contributed by atoms with Crippen molar-refractivity contribution in [3.63, 3.8) is 0 Å². The highest BCUT2D eigenvalue weighted by Gasteiger charge is 2.25. The second-order valence-electron chi connectivity index (χ2n) is 7.09. The fourth-order valence-corrected chi connectivity index (χ4v) is 6.51. The molecule has 0 radical (unpaired) electrons. The molecule has 0 unspecified atom stereocenters. The van der Waals surface area contributed by atoms with Crippen LogP contribution in [0.15, 0.2) is 70.6 Å². The molecular formula is C24H24N3S2+. The second-order valence-corrected chi connectivity index (χ2v) is 9.16. The van der Waals surface area contributed by atoms with E-state index in [1.165, 1.54) is 41.9 Å². The average Bonchev–Trinajstić information content (AvgIpc) is 3.38. The molecule has 146 valence electrons. The summed E-state index contributed by atoms with van der Waals surface area (Å²) in [6.07, 6.45) is 6.71. The predicted molar refractivity (Wildman–Crippen MR) is 127 cm³/mol. The number of allylic oxidation sites excluding steroid dienone is 2. The molecule has 4 aromatic rings. The molecule has 2 aromatic carbocycles. The Morgan fingerprint density at radius 3 is 2.66 bits per heavy atom. The number of nitrogens with zero attached hydrogens (tertiary/aromatic N) is 3. The Kier molecular flexibility index (Phi) is 4.72. The van der Waals surface area contributed by atoms with Crippen LogP contribution >= 0.6 is 23.1 Å². The standard InChI is InChI=1S/C24H24N3S2/c1-4-26-19-13-8-9-14-20(19)28-21(26)15-10-16-22-27(5-2)23-17-11-6-7-12-18(17)25(3)24(23)29-22/h6-16H,4-5H2,1-3H3/q+1. The van der Waals surface area contributed by atoms with E-state index in [-0.39, 0.29) is 0 Å². The fourth-order valence-electron chi connectivity index (χ4n) is 4.15. The van der Waals surface area contributed by atoms with Gasteiger partial charge in [-0.2, -0.15) is 4.57 Å². The van der Waals surface area contributed by atoms with Crippen molar-refractivity contribution in [2.24, 2.45) is 7.05 Å². The molecule has 3 nitrogen and oxygen atoms in total. The van der Waals surface area contributed by atoms with Crippen molar-refractivity contribution < 1.29 is 4.57 Å². The number of benzene rings is 2. The number of aryl methyl sites for hydroxylation is 2. The third-order valence-corrected chi connectivity index (χ3v) is 7.87. The number of rotatable bonds is 4. The first-order valence-electron chi connectivity index (χ1n) is 10.1. The summed E-state index contributed by atoms with van der Waals surface area (Å²) >= 11 is 3.72. The number of thioether (sulfide) groups is 1. The number of aromatic nitrogens is 2. The zero-order chi connectivity index (χ0) is 20.0. The fraction of sp³-hybridized carbons (Fsp3) is 0.208. The molecule has 0 atom stereocenters. The van der Waals surface area contributed by atoms with Crippen LogP contribution in [-0.4, -0.2) is 11.1 Å². The third kappa shape index (κ3) is 2.92. The van der Waals surface area contributed by atoms with Crippen LogP contribution in [0.25, 0.3) is 27.3 Å². The predicted octanol–water partition coefficient (Wildman–Crippen LogP) is 6.19. The lowest BCUT2D eigenvalue weighted by Gasteiger charge is -2.17. The van der Waals surface area contributed by atoms with Gasteiger partial charge in [0.2, 0.25) is 5.52 Å². The van der Waals surface area contributed by atoms with Gasteiger partial charge in [0, 0.05) is 24.6 Å². The Hall–Kier alpha value is -2.50. The number of fused-ring (bicyclic) bond motifs is 4. The quantitative estimate of drug-likeness (QED) is 0.366. The first-order chi connectivity index (χ1) is 14.2. The van der Waals surface area contributed by atoms with Gasteiger partial charge in [0.15, 0.2) is 4.83 Å². The van der Waals surface area contributed by atoms with Crippen molar-refractivity contribution in [3.05, 3.63) is 70.7 Å². The summed E-state index contributed by atoms with van der Waals surface area (Å²) in [6, 6.07) is 17.3. The van der Waals surface area contributed by atoms with Gasteiger partial charge in [0.05, 0.1) is 21.6 Å². The van der Waals surface area contributed by atoms with Crippen LogP contribution in [0.1, 0.15) is 18.9 Å². The first kappa shape index (κ1) is 18.5. The SMILES string of the molecule is CCN1C(=CC=Cc2sc3c(c4ccccc4n3C)[n+]2CC)Sc2ccccc21. The van der Waals surface area contributed by atoms with Gasteiger partial charge in [-0.25, -0.2) is 0 Å². The lowest BCUT2D eigenvalue weighted by atomic mass is 10.2. The Morgan fingerprint density at radius 2 is 1.83 bits per heavy atom. The van der Waals surface area contributed by atoms with Crippen molar-refractivity contribution in [3.8, 4) is 0 Å². The van der Waals surface area contributed by atoms with Crippen LogP contribution in [0.4, 0.5) is 5.69 Å². The van der Waals surface area contributed by atoms with Crippen molar-refractivity contribution in [2.45, 2.75) is 25.3 Å². The maximum absolute atomic E-state index is 2.44. The zero-order valence-electron chi connectivity index (χ0n) is 16.9. The van der Waals surface area contributed by atoms with Gasteiger partial charge < -0.3 is 9.47 Å². The highest BCUT2D eigenvalue weighted by Crippen LogP contribution is 2.45. The van der Waals surface area contributed by atoms with Crippen molar-refractivity contribution in [2.75, 3.05) is 11.4 Å². The highest BCUT2D eigenvalue weighted by molar-refractivity contribution is 8.03. The molecule has 5 rings (SSSR count). The molecule has 29 heavy (non-hydrogen) atoms. The van der Waals surface area contributed by atoms with Crippen LogP contribution < -0.4 is 9.47 Å². The summed E-state index contributed by atoms with van der Waals surface area (Å²) in [5.74, 6) is 0. The molecule has 0 bridgehead atoms. The van der Waals surface area contributed by atoms with Crippen LogP contribution in [0.5, 0.6) is 0 Å². The minimum atomic E-state index is 0.964. The molecule has 5 heteroatoms. The van der Waals surface area contributed by atoms with Gasteiger partial charge in [-0.3, -0.25) is 0 Å². The van der Waals surface area contributed by atoms with E-state index in [9.17, 15) is 0 Å².